The Morgan fingerprint density at radius 3 is 2.21 bits per heavy atom. The van der Waals surface area contributed by atoms with Crippen molar-refractivity contribution in [3.05, 3.63) is 60.2 Å². The van der Waals surface area contributed by atoms with Crippen LogP contribution in [-0.4, -0.2) is 9.97 Å². The first-order valence-electron chi connectivity index (χ1n) is 4.32. The van der Waals surface area contributed by atoms with E-state index in [4.69, 9.17) is 11.6 Å². The zero-order valence-electron chi connectivity index (χ0n) is 7.47. The highest BCUT2D eigenvalue weighted by molar-refractivity contribution is 6.22. The van der Waals surface area contributed by atoms with E-state index < -0.39 is 0 Å². The van der Waals surface area contributed by atoms with Gasteiger partial charge in [-0.25, -0.2) is 9.97 Å². The van der Waals surface area contributed by atoms with Gasteiger partial charge in [0.15, 0.2) is 0 Å². The van der Waals surface area contributed by atoms with Gasteiger partial charge in [0.05, 0.1) is 5.38 Å². The molecule has 0 aliphatic heterocycles. The molecule has 0 amide bonds. The molecule has 0 aliphatic carbocycles. The van der Waals surface area contributed by atoms with Gasteiger partial charge in [-0.3, -0.25) is 0 Å². The van der Waals surface area contributed by atoms with E-state index in [1.165, 1.54) is 6.33 Å². The highest BCUT2D eigenvalue weighted by atomic mass is 35.5. The summed E-state index contributed by atoms with van der Waals surface area (Å²) in [7, 11) is 0. The van der Waals surface area contributed by atoms with Gasteiger partial charge in [-0.15, -0.1) is 11.6 Å². The lowest BCUT2D eigenvalue weighted by atomic mass is 10.1. The summed E-state index contributed by atoms with van der Waals surface area (Å²) in [6.07, 6.45) is 4.97. The summed E-state index contributed by atoms with van der Waals surface area (Å²) in [5, 5.41) is -0.169. The molecule has 0 N–H and O–H groups in total. The Kier molecular flexibility index (Phi) is 2.75. The normalized spacial score (nSPS) is 12.4. The number of halogens is 1. The van der Waals surface area contributed by atoms with Crippen LogP contribution in [0.3, 0.4) is 0 Å². The van der Waals surface area contributed by atoms with Gasteiger partial charge < -0.3 is 0 Å². The van der Waals surface area contributed by atoms with E-state index in [9.17, 15) is 0 Å². The van der Waals surface area contributed by atoms with Crippen LogP contribution in [0.2, 0.25) is 0 Å². The molecule has 2 nitrogen and oxygen atoms in total. The molecule has 0 aliphatic rings. The standard InChI is InChI=1S/C11H9ClN2/c12-11(9-4-2-1-3-5-9)10-6-13-8-14-7-10/h1-8,11H. The number of nitrogens with zero attached hydrogens (tertiary/aromatic N) is 2. The second-order valence-corrected chi connectivity index (χ2v) is 3.38. The second kappa shape index (κ2) is 4.20. The molecule has 14 heavy (non-hydrogen) atoms. The first kappa shape index (κ1) is 9.16. The third-order valence-electron chi connectivity index (χ3n) is 1.97. The Labute approximate surface area is 87.6 Å². The third kappa shape index (κ3) is 1.91. The smallest absolute Gasteiger partial charge is 0.115 e. The van der Waals surface area contributed by atoms with Crippen LogP contribution < -0.4 is 0 Å². The number of hydrogen-bond acceptors (Lipinski definition) is 2. The fraction of sp³-hybridized carbons (Fsp3) is 0.0909. The fourth-order valence-electron chi connectivity index (χ4n) is 1.26. The van der Waals surface area contributed by atoms with Crippen molar-refractivity contribution in [3.8, 4) is 0 Å². The first-order valence-corrected chi connectivity index (χ1v) is 4.75. The van der Waals surface area contributed by atoms with Crippen molar-refractivity contribution in [3.63, 3.8) is 0 Å². The van der Waals surface area contributed by atoms with Crippen LogP contribution in [0.5, 0.6) is 0 Å². The summed E-state index contributed by atoms with van der Waals surface area (Å²) in [6, 6.07) is 9.88. The number of rotatable bonds is 2. The molecule has 1 heterocycles. The first-order chi connectivity index (χ1) is 6.88. The van der Waals surface area contributed by atoms with Gasteiger partial charge in [0.25, 0.3) is 0 Å². The minimum atomic E-state index is -0.169. The number of alkyl halides is 1. The molecule has 1 unspecified atom stereocenters. The topological polar surface area (TPSA) is 25.8 Å². The van der Waals surface area contributed by atoms with Crippen LogP contribution in [0, 0.1) is 0 Å². The van der Waals surface area contributed by atoms with Crippen LogP contribution in [0.25, 0.3) is 0 Å². The molecule has 0 fully saturated rings. The molecule has 2 rings (SSSR count). The summed E-state index contributed by atoms with van der Waals surface area (Å²) >= 11 is 6.25. The SMILES string of the molecule is ClC(c1ccccc1)c1cncnc1. The molecule has 1 aromatic carbocycles. The average molecular weight is 205 g/mol. The van der Waals surface area contributed by atoms with Gasteiger partial charge >= 0.3 is 0 Å². The predicted molar refractivity (Wildman–Crippen MR) is 56.2 cm³/mol. The van der Waals surface area contributed by atoms with Crippen molar-refractivity contribution in [2.75, 3.05) is 0 Å². The van der Waals surface area contributed by atoms with Crippen LogP contribution in [0.1, 0.15) is 16.5 Å². The molecular weight excluding hydrogens is 196 g/mol. The van der Waals surface area contributed by atoms with E-state index in [1.54, 1.807) is 12.4 Å². The van der Waals surface area contributed by atoms with E-state index in [2.05, 4.69) is 9.97 Å². The van der Waals surface area contributed by atoms with Crippen molar-refractivity contribution in [2.45, 2.75) is 5.38 Å². The Morgan fingerprint density at radius 2 is 1.57 bits per heavy atom. The van der Waals surface area contributed by atoms with Crippen molar-refractivity contribution in [2.24, 2.45) is 0 Å². The summed E-state index contributed by atoms with van der Waals surface area (Å²) in [4.78, 5) is 7.87. The predicted octanol–water partition coefficient (Wildman–Crippen LogP) is 2.80. The monoisotopic (exact) mass is 204 g/mol. The van der Waals surface area contributed by atoms with Gasteiger partial charge in [0, 0.05) is 18.0 Å². The number of hydrogen-bond donors (Lipinski definition) is 0. The van der Waals surface area contributed by atoms with Crippen molar-refractivity contribution >= 4 is 11.6 Å². The Hall–Kier alpha value is -1.41. The van der Waals surface area contributed by atoms with Gasteiger partial charge in [-0.05, 0) is 5.56 Å². The fourth-order valence-corrected chi connectivity index (χ4v) is 1.51. The van der Waals surface area contributed by atoms with Gasteiger partial charge in [-0.1, -0.05) is 30.3 Å². The Morgan fingerprint density at radius 1 is 0.929 bits per heavy atom. The lowest BCUT2D eigenvalue weighted by Crippen LogP contribution is -1.94. The maximum atomic E-state index is 6.25. The summed E-state index contributed by atoms with van der Waals surface area (Å²) in [6.45, 7) is 0. The molecule has 2 aromatic rings. The summed E-state index contributed by atoms with van der Waals surface area (Å²) < 4.78 is 0. The molecule has 1 aromatic heterocycles. The van der Waals surface area contributed by atoms with Crippen LogP contribution >= 0.6 is 11.6 Å². The maximum Gasteiger partial charge on any atom is 0.115 e. The van der Waals surface area contributed by atoms with E-state index in [0.717, 1.165) is 11.1 Å². The molecule has 70 valence electrons. The average Bonchev–Trinajstić information content (AvgIpc) is 2.30. The zero-order valence-corrected chi connectivity index (χ0v) is 8.22. The lowest BCUT2D eigenvalue weighted by molar-refractivity contribution is 1.05. The third-order valence-corrected chi connectivity index (χ3v) is 2.47. The van der Waals surface area contributed by atoms with Crippen LogP contribution in [-0.2, 0) is 0 Å². The van der Waals surface area contributed by atoms with E-state index in [0.29, 0.717) is 0 Å². The molecule has 0 saturated heterocycles. The molecular formula is C11H9ClN2. The number of aromatic nitrogens is 2. The molecule has 1 atom stereocenters. The minimum Gasteiger partial charge on any atom is -0.244 e. The molecule has 0 spiro atoms. The quantitative estimate of drug-likeness (QED) is 0.703. The van der Waals surface area contributed by atoms with E-state index in [1.807, 2.05) is 30.3 Å². The zero-order chi connectivity index (χ0) is 9.80. The van der Waals surface area contributed by atoms with Gasteiger partial charge in [0.2, 0.25) is 0 Å². The molecule has 0 saturated carbocycles. The highest BCUT2D eigenvalue weighted by Gasteiger charge is 2.09. The van der Waals surface area contributed by atoms with Gasteiger partial charge in [0.1, 0.15) is 6.33 Å². The maximum absolute atomic E-state index is 6.25. The van der Waals surface area contributed by atoms with E-state index in [-0.39, 0.29) is 5.38 Å². The van der Waals surface area contributed by atoms with Crippen LogP contribution in [0.4, 0.5) is 0 Å². The van der Waals surface area contributed by atoms with Crippen molar-refractivity contribution < 1.29 is 0 Å². The van der Waals surface area contributed by atoms with Crippen molar-refractivity contribution in [1.29, 1.82) is 0 Å². The molecule has 3 heteroatoms. The Bertz CT molecular complexity index is 349. The number of benzene rings is 1. The Balaban J connectivity index is 2.30. The van der Waals surface area contributed by atoms with Crippen molar-refractivity contribution in [1.82, 2.24) is 9.97 Å². The second-order valence-electron chi connectivity index (χ2n) is 2.95. The minimum absolute atomic E-state index is 0.169. The molecule has 0 radical (unpaired) electrons. The molecule has 0 bridgehead atoms. The summed E-state index contributed by atoms with van der Waals surface area (Å²) in [5.74, 6) is 0. The largest absolute Gasteiger partial charge is 0.244 e. The highest BCUT2D eigenvalue weighted by Crippen LogP contribution is 2.26. The van der Waals surface area contributed by atoms with E-state index >= 15 is 0 Å². The summed E-state index contributed by atoms with van der Waals surface area (Å²) in [5.41, 5.74) is 1.98. The van der Waals surface area contributed by atoms with Gasteiger partial charge in [-0.2, -0.15) is 0 Å². The lowest BCUT2D eigenvalue weighted by Gasteiger charge is -2.08. The van der Waals surface area contributed by atoms with Crippen LogP contribution in [0.15, 0.2) is 49.1 Å².